The Kier molecular flexibility index (Phi) is 9.42. The van der Waals surface area contributed by atoms with Gasteiger partial charge in [-0.15, -0.1) is 0 Å². The van der Waals surface area contributed by atoms with E-state index in [1.165, 1.54) is 35.3 Å². The predicted molar refractivity (Wildman–Crippen MR) is 165 cm³/mol. The summed E-state index contributed by atoms with van der Waals surface area (Å²) in [5.74, 6) is 0.554. The van der Waals surface area contributed by atoms with Gasteiger partial charge >= 0.3 is 5.97 Å². The van der Waals surface area contributed by atoms with Crippen LogP contribution in [0.3, 0.4) is 0 Å². The van der Waals surface area contributed by atoms with Crippen LogP contribution in [0.5, 0.6) is 17.2 Å². The predicted octanol–water partition coefficient (Wildman–Crippen LogP) is 5.30. The van der Waals surface area contributed by atoms with Gasteiger partial charge in [0, 0.05) is 21.8 Å². The highest BCUT2D eigenvalue weighted by Gasteiger charge is 2.31. The Bertz CT molecular complexity index is 1880. The molecule has 4 aromatic rings. The van der Waals surface area contributed by atoms with E-state index in [0.29, 0.717) is 56.5 Å². The molecule has 11 heteroatoms. The molecule has 0 amide bonds. The number of halogens is 2. The number of carbonyl (C=O) groups excluding carboxylic acids is 1. The SMILES string of the molecule is CCOc1ccc([C@@H]2C(C(=O)OC)=CN=c3s/c(=C\c4cc(Br)ccc4OCc4ccccc4F)c(=O)n32)cc1OCC. The number of esters is 1. The Morgan fingerprint density at radius 3 is 2.51 bits per heavy atom. The Morgan fingerprint density at radius 2 is 1.77 bits per heavy atom. The summed E-state index contributed by atoms with van der Waals surface area (Å²) in [6, 6.07) is 16.3. The molecule has 1 aromatic heterocycles. The van der Waals surface area contributed by atoms with Crippen molar-refractivity contribution in [3.05, 3.63) is 119 Å². The Labute approximate surface area is 259 Å². The molecule has 0 aliphatic carbocycles. The fraction of sp³-hybridized carbons (Fsp3) is 0.219. The van der Waals surface area contributed by atoms with Gasteiger partial charge in [-0.3, -0.25) is 9.36 Å². The number of rotatable bonds is 10. The molecular formula is C32H28BrFN2O6S. The van der Waals surface area contributed by atoms with Gasteiger partial charge in [0.25, 0.3) is 5.56 Å². The van der Waals surface area contributed by atoms with E-state index in [1.54, 1.807) is 54.6 Å². The Balaban J connectivity index is 1.61. The second-order valence-corrected chi connectivity index (χ2v) is 11.2. The van der Waals surface area contributed by atoms with Gasteiger partial charge in [0.1, 0.15) is 18.2 Å². The fourth-order valence-electron chi connectivity index (χ4n) is 4.66. The van der Waals surface area contributed by atoms with E-state index in [2.05, 4.69) is 20.9 Å². The lowest BCUT2D eigenvalue weighted by Crippen LogP contribution is -2.39. The third kappa shape index (κ3) is 6.42. The maximum Gasteiger partial charge on any atom is 0.337 e. The molecule has 1 atom stereocenters. The first-order valence-corrected chi connectivity index (χ1v) is 15.1. The number of methoxy groups -OCH3 is 1. The molecular weight excluding hydrogens is 639 g/mol. The van der Waals surface area contributed by atoms with Gasteiger partial charge in [0.15, 0.2) is 16.3 Å². The number of fused-ring (bicyclic) bond motifs is 1. The molecule has 5 rings (SSSR count). The zero-order chi connectivity index (χ0) is 30.5. The summed E-state index contributed by atoms with van der Waals surface area (Å²) in [6.07, 6.45) is 3.14. The van der Waals surface area contributed by atoms with Gasteiger partial charge in [-0.25, -0.2) is 14.2 Å². The van der Waals surface area contributed by atoms with Crippen LogP contribution in [0, 0.1) is 5.82 Å². The van der Waals surface area contributed by atoms with Crippen molar-refractivity contribution in [2.24, 2.45) is 4.99 Å². The lowest BCUT2D eigenvalue weighted by atomic mass is 9.97. The summed E-state index contributed by atoms with van der Waals surface area (Å²) in [5.41, 5.74) is 1.49. The number of ether oxygens (including phenoxy) is 4. The molecule has 43 heavy (non-hydrogen) atoms. The summed E-state index contributed by atoms with van der Waals surface area (Å²) in [5, 5.41) is 0. The van der Waals surface area contributed by atoms with Crippen molar-refractivity contribution < 1.29 is 28.1 Å². The monoisotopic (exact) mass is 666 g/mol. The van der Waals surface area contributed by atoms with E-state index >= 15 is 0 Å². The van der Waals surface area contributed by atoms with Crippen LogP contribution in [-0.2, 0) is 16.1 Å². The number of carbonyl (C=O) groups is 1. The minimum Gasteiger partial charge on any atom is -0.490 e. The third-order valence-corrected chi connectivity index (χ3v) is 8.10. The molecule has 0 unspecified atom stereocenters. The largest absolute Gasteiger partial charge is 0.490 e. The van der Waals surface area contributed by atoms with Crippen molar-refractivity contribution in [1.82, 2.24) is 4.57 Å². The van der Waals surface area contributed by atoms with Crippen molar-refractivity contribution in [1.29, 1.82) is 0 Å². The standard InChI is InChI=1S/C32H28BrFN2O6S/c1-4-40-26-12-10-19(15-27(26)41-5-2)29-23(31(38)39-3)17-35-32-36(29)30(37)28(43-32)16-21-14-22(33)11-13-25(21)42-18-20-8-6-7-9-24(20)34/h6-17,29H,4-5,18H2,1-3H3/b28-16-/t29-/m1/s1. The molecule has 1 aliphatic rings. The van der Waals surface area contributed by atoms with Crippen LogP contribution in [0.4, 0.5) is 4.39 Å². The molecule has 0 N–H and O–H groups in total. The van der Waals surface area contributed by atoms with Gasteiger partial charge in [-0.1, -0.05) is 51.5 Å². The van der Waals surface area contributed by atoms with Crippen molar-refractivity contribution >= 4 is 39.3 Å². The molecule has 3 aromatic carbocycles. The van der Waals surface area contributed by atoms with Crippen LogP contribution in [-0.4, -0.2) is 30.9 Å². The van der Waals surface area contributed by atoms with Crippen LogP contribution in [0.2, 0.25) is 0 Å². The quantitative estimate of drug-likeness (QED) is 0.214. The van der Waals surface area contributed by atoms with Gasteiger partial charge < -0.3 is 18.9 Å². The van der Waals surface area contributed by atoms with Gasteiger partial charge in [0.2, 0.25) is 0 Å². The Morgan fingerprint density at radius 1 is 1.02 bits per heavy atom. The smallest absolute Gasteiger partial charge is 0.337 e. The van der Waals surface area contributed by atoms with E-state index in [9.17, 15) is 14.0 Å². The second kappa shape index (κ2) is 13.4. The van der Waals surface area contributed by atoms with Crippen molar-refractivity contribution in [3.63, 3.8) is 0 Å². The number of aromatic nitrogens is 1. The molecule has 0 saturated heterocycles. The van der Waals surface area contributed by atoms with Crippen LogP contribution in [0.15, 0.2) is 86.7 Å². The maximum atomic E-state index is 14.2. The number of benzene rings is 3. The van der Waals surface area contributed by atoms with E-state index < -0.39 is 12.0 Å². The van der Waals surface area contributed by atoms with Gasteiger partial charge in [-0.2, -0.15) is 0 Å². The highest BCUT2D eigenvalue weighted by atomic mass is 79.9. The molecule has 2 heterocycles. The van der Waals surface area contributed by atoms with Crippen molar-refractivity contribution in [2.45, 2.75) is 26.5 Å². The van der Waals surface area contributed by atoms with E-state index in [1.807, 2.05) is 19.9 Å². The average molecular weight is 668 g/mol. The van der Waals surface area contributed by atoms with Crippen LogP contribution in [0.1, 0.15) is 36.6 Å². The average Bonchev–Trinajstić information content (AvgIpc) is 3.32. The highest BCUT2D eigenvalue weighted by Crippen LogP contribution is 2.35. The van der Waals surface area contributed by atoms with Crippen molar-refractivity contribution in [2.75, 3.05) is 20.3 Å². The lowest BCUT2D eigenvalue weighted by molar-refractivity contribution is -0.136. The van der Waals surface area contributed by atoms with Gasteiger partial charge in [-0.05, 0) is 61.9 Å². The summed E-state index contributed by atoms with van der Waals surface area (Å²) in [7, 11) is 1.28. The summed E-state index contributed by atoms with van der Waals surface area (Å²) >= 11 is 4.66. The minimum absolute atomic E-state index is 0.0127. The highest BCUT2D eigenvalue weighted by molar-refractivity contribution is 9.10. The number of hydrogen-bond donors (Lipinski definition) is 0. The molecule has 0 fully saturated rings. The van der Waals surface area contributed by atoms with E-state index in [0.717, 1.165) is 4.47 Å². The molecule has 8 nitrogen and oxygen atoms in total. The first-order chi connectivity index (χ1) is 20.8. The normalized spacial score (nSPS) is 14.4. The topological polar surface area (TPSA) is 88.4 Å². The molecule has 1 aliphatic heterocycles. The number of hydrogen-bond acceptors (Lipinski definition) is 8. The summed E-state index contributed by atoms with van der Waals surface area (Å²) < 4.78 is 39.4. The van der Waals surface area contributed by atoms with Crippen LogP contribution >= 0.6 is 27.3 Å². The Hall–Kier alpha value is -4.22. The lowest BCUT2D eigenvalue weighted by Gasteiger charge is -2.23. The minimum atomic E-state index is -0.819. The number of nitrogens with zero attached hydrogens (tertiary/aromatic N) is 2. The van der Waals surface area contributed by atoms with Crippen LogP contribution in [0.25, 0.3) is 6.08 Å². The molecule has 222 valence electrons. The zero-order valence-electron chi connectivity index (χ0n) is 23.6. The van der Waals surface area contributed by atoms with E-state index in [-0.39, 0.29) is 23.6 Å². The number of thiazole rings is 1. The van der Waals surface area contributed by atoms with Crippen LogP contribution < -0.4 is 29.1 Å². The van der Waals surface area contributed by atoms with Gasteiger partial charge in [0.05, 0.1) is 36.5 Å². The molecule has 0 bridgehead atoms. The third-order valence-electron chi connectivity index (χ3n) is 6.61. The molecule has 0 saturated carbocycles. The second-order valence-electron chi connectivity index (χ2n) is 9.31. The summed E-state index contributed by atoms with van der Waals surface area (Å²) in [4.78, 5) is 31.7. The zero-order valence-corrected chi connectivity index (χ0v) is 26.0. The summed E-state index contributed by atoms with van der Waals surface area (Å²) in [6.45, 7) is 4.60. The maximum absolute atomic E-state index is 14.2. The first-order valence-electron chi connectivity index (χ1n) is 13.5. The molecule has 0 spiro atoms. The van der Waals surface area contributed by atoms with E-state index in [4.69, 9.17) is 18.9 Å². The van der Waals surface area contributed by atoms with Crippen molar-refractivity contribution in [3.8, 4) is 17.2 Å². The molecule has 0 radical (unpaired) electrons. The fourth-order valence-corrected chi connectivity index (χ4v) is 6.00. The first kappa shape index (κ1) is 30.2.